The van der Waals surface area contributed by atoms with E-state index in [1.165, 1.54) is 23.9 Å². The highest BCUT2D eigenvalue weighted by atomic mass is 35.5. The van der Waals surface area contributed by atoms with Crippen molar-refractivity contribution in [2.75, 3.05) is 16.9 Å². The fourth-order valence-electron chi connectivity index (χ4n) is 1.55. The van der Waals surface area contributed by atoms with Gasteiger partial charge >= 0.3 is 0 Å². The van der Waals surface area contributed by atoms with Gasteiger partial charge in [0.1, 0.15) is 5.82 Å². The number of hydrazine groups is 1. The van der Waals surface area contributed by atoms with E-state index in [1.54, 1.807) is 0 Å². The van der Waals surface area contributed by atoms with Crippen molar-refractivity contribution in [3.05, 3.63) is 29.0 Å². The van der Waals surface area contributed by atoms with Gasteiger partial charge in [0.2, 0.25) is 0 Å². The summed E-state index contributed by atoms with van der Waals surface area (Å²) in [6.07, 6.45) is 0.417. The number of amides is 1. The minimum atomic E-state index is -1.34. The lowest BCUT2D eigenvalue weighted by atomic mass is 10.0. The summed E-state index contributed by atoms with van der Waals surface area (Å²) < 4.78 is 13.1. The van der Waals surface area contributed by atoms with Crippen LogP contribution in [0.5, 0.6) is 0 Å². The van der Waals surface area contributed by atoms with Gasteiger partial charge in [0.15, 0.2) is 5.60 Å². The van der Waals surface area contributed by atoms with Crippen LogP contribution in [0.1, 0.15) is 6.42 Å². The molecule has 1 unspecified atom stereocenters. The second-order valence-corrected chi connectivity index (χ2v) is 5.55. The van der Waals surface area contributed by atoms with Crippen LogP contribution in [0.2, 0.25) is 5.02 Å². The monoisotopic (exact) mass is 290 g/mol. The Bertz CT molecular complexity index is 466. The van der Waals surface area contributed by atoms with Crippen molar-refractivity contribution in [3.63, 3.8) is 0 Å². The molecule has 1 amide bonds. The van der Waals surface area contributed by atoms with Gasteiger partial charge < -0.3 is 5.11 Å². The van der Waals surface area contributed by atoms with E-state index in [1.807, 2.05) is 0 Å². The van der Waals surface area contributed by atoms with Crippen molar-refractivity contribution in [1.82, 2.24) is 5.43 Å². The lowest BCUT2D eigenvalue weighted by Crippen LogP contribution is -2.48. The maximum Gasteiger partial charge on any atom is 0.271 e. The number of carbonyl (C=O) groups excluding carboxylic acids is 1. The number of hydrogen-bond donors (Lipinski definition) is 3. The van der Waals surface area contributed by atoms with Gasteiger partial charge in [0.25, 0.3) is 5.91 Å². The number of thioether (sulfide) groups is 1. The molecule has 1 saturated heterocycles. The Kier molecular flexibility index (Phi) is 3.99. The molecule has 1 aliphatic rings. The number of anilines is 1. The number of carbonyl (C=O) groups is 1. The van der Waals surface area contributed by atoms with Crippen LogP contribution in [0.25, 0.3) is 0 Å². The first-order valence-corrected chi connectivity index (χ1v) is 6.86. The Hall–Kier alpha value is -0.980. The zero-order chi connectivity index (χ0) is 13.2. The predicted molar refractivity (Wildman–Crippen MR) is 70.1 cm³/mol. The zero-order valence-corrected chi connectivity index (χ0v) is 10.9. The molecule has 7 heteroatoms. The Morgan fingerprint density at radius 1 is 1.56 bits per heavy atom. The standard InChI is InChI=1S/C11H12ClFN2O2S/c12-8-2-1-7(5-9(8)13)14-15-10(16)11(17)3-4-18-6-11/h1-2,5,14,17H,3-4,6H2,(H,15,16). The summed E-state index contributed by atoms with van der Waals surface area (Å²) in [6, 6.07) is 4.07. The Balaban J connectivity index is 1.95. The summed E-state index contributed by atoms with van der Waals surface area (Å²) in [5.74, 6) is 0.0311. The second kappa shape index (κ2) is 5.34. The quantitative estimate of drug-likeness (QED) is 0.743. The van der Waals surface area contributed by atoms with Crippen molar-refractivity contribution in [1.29, 1.82) is 0 Å². The molecular formula is C11H12ClFN2O2S. The molecule has 1 heterocycles. The van der Waals surface area contributed by atoms with Gasteiger partial charge in [-0.15, -0.1) is 0 Å². The fraction of sp³-hybridized carbons (Fsp3) is 0.364. The predicted octanol–water partition coefficient (Wildman–Crippen LogP) is 1.79. The highest BCUT2D eigenvalue weighted by Gasteiger charge is 2.39. The molecule has 0 radical (unpaired) electrons. The molecule has 3 N–H and O–H groups in total. The van der Waals surface area contributed by atoms with Crippen molar-refractivity contribution in [3.8, 4) is 0 Å². The van der Waals surface area contributed by atoms with Gasteiger partial charge in [-0.1, -0.05) is 11.6 Å². The van der Waals surface area contributed by atoms with Crippen LogP contribution >= 0.6 is 23.4 Å². The van der Waals surface area contributed by atoms with Gasteiger partial charge in [0, 0.05) is 11.8 Å². The van der Waals surface area contributed by atoms with Crippen LogP contribution in [0.4, 0.5) is 10.1 Å². The van der Waals surface area contributed by atoms with E-state index in [2.05, 4.69) is 10.9 Å². The SMILES string of the molecule is O=C(NNc1ccc(Cl)c(F)c1)C1(O)CCSC1. The first kappa shape index (κ1) is 13.5. The summed E-state index contributed by atoms with van der Waals surface area (Å²) in [7, 11) is 0. The number of aliphatic hydroxyl groups is 1. The molecule has 1 fully saturated rings. The molecule has 1 aromatic rings. The topological polar surface area (TPSA) is 61.4 Å². The third kappa shape index (κ3) is 2.88. The zero-order valence-electron chi connectivity index (χ0n) is 9.37. The Morgan fingerprint density at radius 3 is 2.94 bits per heavy atom. The van der Waals surface area contributed by atoms with Gasteiger partial charge in [-0.25, -0.2) is 4.39 Å². The molecule has 0 saturated carbocycles. The van der Waals surface area contributed by atoms with Crippen molar-refractivity contribution in [2.24, 2.45) is 0 Å². The van der Waals surface area contributed by atoms with E-state index in [4.69, 9.17) is 11.6 Å². The number of halogens is 2. The summed E-state index contributed by atoms with van der Waals surface area (Å²) in [6.45, 7) is 0. The normalized spacial score (nSPS) is 22.8. The minimum absolute atomic E-state index is 0.0118. The average Bonchev–Trinajstić information content (AvgIpc) is 2.79. The smallest absolute Gasteiger partial charge is 0.271 e. The molecule has 98 valence electrons. The van der Waals surface area contributed by atoms with Crippen LogP contribution in [0.3, 0.4) is 0 Å². The molecule has 1 aliphatic heterocycles. The van der Waals surface area contributed by atoms with Crippen LogP contribution in [0.15, 0.2) is 18.2 Å². The second-order valence-electron chi connectivity index (χ2n) is 4.04. The first-order valence-electron chi connectivity index (χ1n) is 5.33. The van der Waals surface area contributed by atoms with Gasteiger partial charge in [0.05, 0.1) is 10.7 Å². The molecule has 4 nitrogen and oxygen atoms in total. The molecule has 0 aliphatic carbocycles. The molecule has 1 atom stereocenters. The molecule has 18 heavy (non-hydrogen) atoms. The average molecular weight is 291 g/mol. The fourth-order valence-corrected chi connectivity index (χ4v) is 2.91. The molecule has 2 rings (SSSR count). The number of rotatable bonds is 3. The Morgan fingerprint density at radius 2 is 2.33 bits per heavy atom. The van der Waals surface area contributed by atoms with E-state index < -0.39 is 17.3 Å². The summed E-state index contributed by atoms with van der Waals surface area (Å²) in [5, 5.41) is 9.98. The van der Waals surface area contributed by atoms with Crippen LogP contribution < -0.4 is 10.9 Å². The highest BCUT2D eigenvalue weighted by Crippen LogP contribution is 2.27. The molecule has 0 aromatic heterocycles. The molecule has 1 aromatic carbocycles. The number of hydrogen-bond acceptors (Lipinski definition) is 4. The molecule has 0 spiro atoms. The van der Waals surface area contributed by atoms with Crippen molar-refractivity contribution >= 4 is 35.0 Å². The van der Waals surface area contributed by atoms with E-state index in [9.17, 15) is 14.3 Å². The van der Waals surface area contributed by atoms with E-state index in [0.717, 1.165) is 11.8 Å². The number of nitrogens with one attached hydrogen (secondary N) is 2. The summed E-state index contributed by atoms with van der Waals surface area (Å²) in [5.41, 5.74) is 3.93. The van der Waals surface area contributed by atoms with E-state index >= 15 is 0 Å². The first-order chi connectivity index (χ1) is 8.51. The highest BCUT2D eigenvalue weighted by molar-refractivity contribution is 7.99. The van der Waals surface area contributed by atoms with Crippen molar-refractivity contribution in [2.45, 2.75) is 12.0 Å². The maximum atomic E-state index is 13.1. The van der Waals surface area contributed by atoms with E-state index in [-0.39, 0.29) is 5.02 Å². The summed E-state index contributed by atoms with van der Waals surface area (Å²) in [4.78, 5) is 11.7. The number of benzene rings is 1. The molecule has 0 bridgehead atoms. The third-order valence-electron chi connectivity index (χ3n) is 2.66. The largest absolute Gasteiger partial charge is 0.379 e. The molecular weight excluding hydrogens is 279 g/mol. The lowest BCUT2D eigenvalue weighted by Gasteiger charge is -2.20. The van der Waals surface area contributed by atoms with Gasteiger partial charge in [-0.05, 0) is 24.3 Å². The van der Waals surface area contributed by atoms with E-state index in [0.29, 0.717) is 17.9 Å². The maximum absolute atomic E-state index is 13.1. The van der Waals surface area contributed by atoms with Gasteiger partial charge in [-0.3, -0.25) is 15.6 Å². The van der Waals surface area contributed by atoms with Crippen LogP contribution in [-0.2, 0) is 4.79 Å². The van der Waals surface area contributed by atoms with Crippen molar-refractivity contribution < 1.29 is 14.3 Å². The summed E-state index contributed by atoms with van der Waals surface area (Å²) >= 11 is 7.06. The van der Waals surface area contributed by atoms with Gasteiger partial charge in [-0.2, -0.15) is 11.8 Å². The lowest BCUT2D eigenvalue weighted by molar-refractivity contribution is -0.136. The minimum Gasteiger partial charge on any atom is -0.379 e. The third-order valence-corrected chi connectivity index (χ3v) is 4.14. The van der Waals surface area contributed by atoms with Crippen LogP contribution in [0, 0.1) is 5.82 Å². The van der Waals surface area contributed by atoms with Crippen LogP contribution in [-0.4, -0.2) is 28.1 Å². The Labute approximate surface area is 113 Å².